The minimum Gasteiger partial charge on any atom is -0.308 e. The van der Waals surface area contributed by atoms with Gasteiger partial charge in [-0.25, -0.2) is 4.79 Å². The van der Waals surface area contributed by atoms with Gasteiger partial charge in [0.25, 0.3) is 5.91 Å². The van der Waals surface area contributed by atoms with Crippen molar-refractivity contribution in [3.63, 3.8) is 0 Å². The molecule has 0 heterocycles. The van der Waals surface area contributed by atoms with Gasteiger partial charge in [0.15, 0.2) is 0 Å². The highest BCUT2D eigenvalue weighted by molar-refractivity contribution is 6.08. The lowest BCUT2D eigenvalue weighted by Crippen LogP contribution is -2.34. The highest BCUT2D eigenvalue weighted by atomic mass is 16.2. The van der Waals surface area contributed by atoms with Crippen LogP contribution in [0.1, 0.15) is 21.5 Å². The van der Waals surface area contributed by atoms with Crippen molar-refractivity contribution in [3.8, 4) is 0 Å². The van der Waals surface area contributed by atoms with Crippen LogP contribution in [-0.4, -0.2) is 17.7 Å². The molecule has 3 amide bonds. The zero-order chi connectivity index (χ0) is 15.5. The fourth-order valence-electron chi connectivity index (χ4n) is 2.46. The molecule has 0 fully saturated rings. The molecule has 5 nitrogen and oxygen atoms in total. The van der Waals surface area contributed by atoms with Gasteiger partial charge in [-0.3, -0.25) is 14.9 Å². The average molecular weight is 294 g/mol. The van der Waals surface area contributed by atoms with Gasteiger partial charge in [0.1, 0.15) is 5.78 Å². The standard InChI is InChI=1S/C17H14N2O3/c20-15-9-12-6-7-14(8-13(12)10-15)18-17(22)19-16(21)11-4-2-1-3-5-11/h1-8H,9-10H2,(H2,18,19,21,22). The van der Waals surface area contributed by atoms with Crippen molar-refractivity contribution in [2.24, 2.45) is 0 Å². The lowest BCUT2D eigenvalue weighted by molar-refractivity contribution is -0.117. The summed E-state index contributed by atoms with van der Waals surface area (Å²) in [6.45, 7) is 0. The van der Waals surface area contributed by atoms with Gasteiger partial charge in [-0.15, -0.1) is 0 Å². The zero-order valence-corrected chi connectivity index (χ0v) is 11.8. The summed E-state index contributed by atoms with van der Waals surface area (Å²) in [6.07, 6.45) is 0.851. The molecule has 110 valence electrons. The maximum absolute atomic E-state index is 11.9. The monoisotopic (exact) mass is 294 g/mol. The van der Waals surface area contributed by atoms with E-state index in [0.717, 1.165) is 11.1 Å². The molecule has 3 rings (SSSR count). The predicted octanol–water partition coefficient (Wildman–Crippen LogP) is 2.32. The second-order valence-electron chi connectivity index (χ2n) is 5.15. The van der Waals surface area contributed by atoms with E-state index in [1.165, 1.54) is 0 Å². The van der Waals surface area contributed by atoms with E-state index in [1.54, 1.807) is 42.5 Å². The molecule has 0 atom stereocenters. The molecule has 0 bridgehead atoms. The Labute approximate surface area is 127 Å². The average Bonchev–Trinajstić information content (AvgIpc) is 2.87. The van der Waals surface area contributed by atoms with Gasteiger partial charge in [0.2, 0.25) is 0 Å². The Bertz CT molecular complexity index is 754. The molecule has 0 radical (unpaired) electrons. The van der Waals surface area contributed by atoms with Crippen LogP contribution in [0.3, 0.4) is 0 Å². The molecule has 0 aromatic heterocycles. The van der Waals surface area contributed by atoms with Gasteiger partial charge in [-0.05, 0) is 35.4 Å². The molecule has 2 N–H and O–H groups in total. The first-order valence-corrected chi connectivity index (χ1v) is 6.93. The minimum absolute atomic E-state index is 0.177. The molecule has 22 heavy (non-hydrogen) atoms. The number of ketones is 1. The molecule has 0 saturated carbocycles. The number of fused-ring (bicyclic) bond motifs is 1. The zero-order valence-electron chi connectivity index (χ0n) is 11.8. The summed E-state index contributed by atoms with van der Waals surface area (Å²) in [5.74, 6) is -0.287. The second-order valence-corrected chi connectivity index (χ2v) is 5.15. The second kappa shape index (κ2) is 5.81. The molecule has 1 aliphatic carbocycles. The largest absolute Gasteiger partial charge is 0.326 e. The highest BCUT2D eigenvalue weighted by Gasteiger charge is 2.18. The molecule has 0 unspecified atom stereocenters. The van der Waals surface area contributed by atoms with E-state index in [1.807, 2.05) is 6.07 Å². The van der Waals surface area contributed by atoms with Crippen LogP contribution >= 0.6 is 0 Å². The number of carbonyl (C=O) groups is 3. The maximum atomic E-state index is 11.9. The number of carbonyl (C=O) groups excluding carboxylic acids is 3. The van der Waals surface area contributed by atoms with Crippen molar-refractivity contribution in [1.29, 1.82) is 0 Å². The van der Waals surface area contributed by atoms with Crippen LogP contribution in [0.5, 0.6) is 0 Å². The Morgan fingerprint density at radius 2 is 1.64 bits per heavy atom. The van der Waals surface area contributed by atoms with Crippen molar-refractivity contribution in [3.05, 3.63) is 65.2 Å². The predicted molar refractivity (Wildman–Crippen MR) is 81.8 cm³/mol. The van der Waals surface area contributed by atoms with Crippen LogP contribution in [0.15, 0.2) is 48.5 Å². The number of imide groups is 1. The summed E-state index contributed by atoms with van der Waals surface area (Å²) in [5.41, 5.74) is 2.90. The van der Waals surface area contributed by atoms with Crippen LogP contribution in [0.25, 0.3) is 0 Å². The van der Waals surface area contributed by atoms with E-state index in [0.29, 0.717) is 24.1 Å². The number of benzene rings is 2. The quantitative estimate of drug-likeness (QED) is 0.892. The summed E-state index contributed by atoms with van der Waals surface area (Å²) < 4.78 is 0. The number of hydrogen-bond donors (Lipinski definition) is 2. The minimum atomic E-state index is -0.599. The van der Waals surface area contributed by atoms with Crippen LogP contribution in [0.4, 0.5) is 10.5 Å². The van der Waals surface area contributed by atoms with E-state index >= 15 is 0 Å². The molecule has 2 aromatic rings. The first-order chi connectivity index (χ1) is 10.6. The van der Waals surface area contributed by atoms with E-state index in [9.17, 15) is 14.4 Å². The number of amides is 3. The van der Waals surface area contributed by atoms with Crippen LogP contribution in [0.2, 0.25) is 0 Å². The summed E-state index contributed by atoms with van der Waals surface area (Å²) in [5, 5.41) is 4.87. The lowest BCUT2D eigenvalue weighted by atomic mass is 10.1. The number of nitrogens with one attached hydrogen (secondary N) is 2. The first-order valence-electron chi connectivity index (χ1n) is 6.93. The topological polar surface area (TPSA) is 75.3 Å². The number of hydrogen-bond acceptors (Lipinski definition) is 3. The van der Waals surface area contributed by atoms with Gasteiger partial charge in [0, 0.05) is 24.1 Å². The third-order valence-corrected chi connectivity index (χ3v) is 3.50. The smallest absolute Gasteiger partial charge is 0.308 e. The molecular weight excluding hydrogens is 280 g/mol. The molecule has 2 aromatic carbocycles. The first kappa shape index (κ1) is 14.0. The van der Waals surface area contributed by atoms with Gasteiger partial charge >= 0.3 is 6.03 Å². The van der Waals surface area contributed by atoms with Gasteiger partial charge in [-0.2, -0.15) is 0 Å². The van der Waals surface area contributed by atoms with E-state index < -0.39 is 11.9 Å². The summed E-state index contributed by atoms with van der Waals surface area (Å²) in [6, 6.07) is 13.2. The van der Waals surface area contributed by atoms with E-state index in [2.05, 4.69) is 10.6 Å². The summed E-state index contributed by atoms with van der Waals surface area (Å²) >= 11 is 0. The Hall–Kier alpha value is -2.95. The summed E-state index contributed by atoms with van der Waals surface area (Å²) in [7, 11) is 0. The molecule has 0 saturated heterocycles. The number of anilines is 1. The maximum Gasteiger partial charge on any atom is 0.326 e. The van der Waals surface area contributed by atoms with Crippen molar-refractivity contribution >= 4 is 23.4 Å². The van der Waals surface area contributed by atoms with Crippen molar-refractivity contribution < 1.29 is 14.4 Å². The fourth-order valence-corrected chi connectivity index (χ4v) is 2.46. The van der Waals surface area contributed by atoms with Gasteiger partial charge < -0.3 is 5.32 Å². The Morgan fingerprint density at radius 3 is 2.41 bits per heavy atom. The third-order valence-electron chi connectivity index (χ3n) is 3.50. The lowest BCUT2D eigenvalue weighted by Gasteiger charge is -2.08. The Balaban J connectivity index is 1.64. The van der Waals surface area contributed by atoms with Crippen LogP contribution < -0.4 is 10.6 Å². The third kappa shape index (κ3) is 3.03. The molecule has 5 heteroatoms. The Morgan fingerprint density at radius 1 is 0.909 bits per heavy atom. The van der Waals surface area contributed by atoms with Crippen LogP contribution in [-0.2, 0) is 17.6 Å². The molecule has 0 spiro atoms. The van der Waals surface area contributed by atoms with Crippen LogP contribution in [0, 0.1) is 0 Å². The highest BCUT2D eigenvalue weighted by Crippen LogP contribution is 2.23. The fraction of sp³-hybridized carbons (Fsp3) is 0.118. The number of rotatable bonds is 2. The van der Waals surface area contributed by atoms with E-state index in [4.69, 9.17) is 0 Å². The van der Waals surface area contributed by atoms with Crippen molar-refractivity contribution in [1.82, 2.24) is 5.32 Å². The van der Waals surface area contributed by atoms with Gasteiger partial charge in [0.05, 0.1) is 0 Å². The van der Waals surface area contributed by atoms with Crippen molar-refractivity contribution in [2.75, 3.05) is 5.32 Å². The number of Topliss-reactive ketones (excluding diaryl/α,β-unsaturated/α-hetero) is 1. The van der Waals surface area contributed by atoms with Crippen molar-refractivity contribution in [2.45, 2.75) is 12.8 Å². The Kier molecular flexibility index (Phi) is 3.70. The molecule has 1 aliphatic rings. The normalized spacial score (nSPS) is 12.6. The SMILES string of the molecule is O=C1Cc2ccc(NC(=O)NC(=O)c3ccccc3)cc2C1. The van der Waals surface area contributed by atoms with E-state index in [-0.39, 0.29) is 5.78 Å². The molecular formula is C17H14N2O3. The van der Waals surface area contributed by atoms with Gasteiger partial charge in [-0.1, -0.05) is 24.3 Å². The molecule has 0 aliphatic heterocycles. The summed E-state index contributed by atoms with van der Waals surface area (Å²) in [4.78, 5) is 35.1. The number of urea groups is 1.